The Morgan fingerprint density at radius 1 is 1.26 bits per heavy atom. The minimum absolute atomic E-state index is 0.134. The standard InChI is InChI=1S/C13H15F3N2O/c1-17-13(19)12-4-7(2-3-18-12)8-5-10(15)11(16)6-9(8)14/h5-7,12,18H,2-4H2,1H3,(H,17,19). The Balaban J connectivity index is 2.22. The number of carbonyl (C=O) groups excluding carboxylic acids is 1. The van der Waals surface area contributed by atoms with Crippen molar-refractivity contribution in [1.29, 1.82) is 0 Å². The number of halogens is 3. The molecule has 0 aromatic heterocycles. The van der Waals surface area contributed by atoms with E-state index < -0.39 is 23.5 Å². The van der Waals surface area contributed by atoms with Crippen LogP contribution in [-0.4, -0.2) is 25.5 Å². The Kier molecular flexibility index (Phi) is 4.09. The predicted molar refractivity (Wildman–Crippen MR) is 64.1 cm³/mol. The number of benzene rings is 1. The first-order valence-corrected chi connectivity index (χ1v) is 6.12. The van der Waals surface area contributed by atoms with Crippen LogP contribution in [0.4, 0.5) is 13.2 Å². The van der Waals surface area contributed by atoms with Crippen LogP contribution in [0.1, 0.15) is 24.3 Å². The summed E-state index contributed by atoms with van der Waals surface area (Å²) in [5.41, 5.74) is 0.134. The molecular formula is C13H15F3N2O. The minimum atomic E-state index is -1.20. The molecule has 0 aliphatic carbocycles. The van der Waals surface area contributed by atoms with Gasteiger partial charge < -0.3 is 10.6 Å². The Hall–Kier alpha value is -1.56. The third kappa shape index (κ3) is 2.89. The van der Waals surface area contributed by atoms with Gasteiger partial charge in [0, 0.05) is 13.1 Å². The van der Waals surface area contributed by atoms with E-state index in [1.165, 1.54) is 7.05 Å². The molecule has 1 fully saturated rings. The molecule has 1 aromatic rings. The largest absolute Gasteiger partial charge is 0.358 e. The van der Waals surface area contributed by atoms with Crippen molar-refractivity contribution < 1.29 is 18.0 Å². The van der Waals surface area contributed by atoms with E-state index in [2.05, 4.69) is 10.6 Å². The fourth-order valence-electron chi connectivity index (χ4n) is 2.42. The van der Waals surface area contributed by atoms with Gasteiger partial charge in [0.2, 0.25) is 5.91 Å². The van der Waals surface area contributed by atoms with Gasteiger partial charge in [0.1, 0.15) is 5.82 Å². The normalized spacial score (nSPS) is 23.2. The molecule has 0 bridgehead atoms. The van der Waals surface area contributed by atoms with Crippen LogP contribution in [0.2, 0.25) is 0 Å². The monoisotopic (exact) mass is 272 g/mol. The van der Waals surface area contributed by atoms with E-state index in [-0.39, 0.29) is 17.4 Å². The summed E-state index contributed by atoms with van der Waals surface area (Å²) in [6.07, 6.45) is 0.942. The average molecular weight is 272 g/mol. The molecule has 6 heteroatoms. The summed E-state index contributed by atoms with van der Waals surface area (Å²) in [7, 11) is 1.52. The zero-order valence-electron chi connectivity index (χ0n) is 10.5. The first kappa shape index (κ1) is 13.9. The van der Waals surface area contributed by atoms with E-state index in [4.69, 9.17) is 0 Å². The van der Waals surface area contributed by atoms with Gasteiger partial charge in [-0.1, -0.05) is 0 Å². The maximum Gasteiger partial charge on any atom is 0.236 e. The second-order valence-corrected chi connectivity index (χ2v) is 4.63. The van der Waals surface area contributed by atoms with Gasteiger partial charge in [0.15, 0.2) is 11.6 Å². The summed E-state index contributed by atoms with van der Waals surface area (Å²) in [6, 6.07) is 1.01. The molecule has 0 radical (unpaired) electrons. The first-order chi connectivity index (χ1) is 9.02. The van der Waals surface area contributed by atoms with Gasteiger partial charge in [0.05, 0.1) is 6.04 Å². The number of hydrogen-bond acceptors (Lipinski definition) is 2. The number of rotatable bonds is 2. The maximum atomic E-state index is 13.7. The maximum absolute atomic E-state index is 13.7. The average Bonchev–Trinajstić information content (AvgIpc) is 2.42. The van der Waals surface area contributed by atoms with Crippen molar-refractivity contribution in [2.75, 3.05) is 13.6 Å². The molecule has 1 aromatic carbocycles. The van der Waals surface area contributed by atoms with Gasteiger partial charge in [-0.15, -0.1) is 0 Å². The molecule has 1 amide bonds. The molecule has 2 rings (SSSR count). The summed E-state index contributed by atoms with van der Waals surface area (Å²) in [6.45, 7) is 0.529. The number of hydrogen-bond donors (Lipinski definition) is 2. The van der Waals surface area contributed by atoms with Crippen molar-refractivity contribution in [1.82, 2.24) is 10.6 Å². The number of nitrogens with one attached hydrogen (secondary N) is 2. The highest BCUT2D eigenvalue weighted by atomic mass is 19.2. The molecule has 1 aliphatic heterocycles. The molecule has 2 unspecified atom stereocenters. The summed E-state index contributed by atoms with van der Waals surface area (Å²) in [4.78, 5) is 11.5. The Morgan fingerprint density at radius 2 is 1.95 bits per heavy atom. The molecule has 1 aliphatic rings. The SMILES string of the molecule is CNC(=O)C1CC(c2cc(F)c(F)cc2F)CCN1. The molecule has 1 heterocycles. The molecule has 104 valence electrons. The zero-order valence-corrected chi connectivity index (χ0v) is 10.5. The number of carbonyl (C=O) groups is 1. The summed E-state index contributed by atoms with van der Waals surface area (Å²) < 4.78 is 39.8. The fraction of sp³-hybridized carbons (Fsp3) is 0.462. The smallest absolute Gasteiger partial charge is 0.236 e. The number of likely N-dealkylation sites (N-methyl/N-ethyl adjacent to an activating group) is 1. The highest BCUT2D eigenvalue weighted by Crippen LogP contribution is 2.30. The Labute approximate surface area is 109 Å². The van der Waals surface area contributed by atoms with Crippen LogP contribution in [-0.2, 0) is 4.79 Å². The first-order valence-electron chi connectivity index (χ1n) is 6.12. The lowest BCUT2D eigenvalue weighted by molar-refractivity contribution is -0.123. The third-order valence-electron chi connectivity index (χ3n) is 3.45. The highest BCUT2D eigenvalue weighted by Gasteiger charge is 2.29. The van der Waals surface area contributed by atoms with Gasteiger partial charge in [-0.3, -0.25) is 4.79 Å². The Bertz CT molecular complexity index is 493. The van der Waals surface area contributed by atoms with Gasteiger partial charge in [0.25, 0.3) is 0 Å². The fourth-order valence-corrected chi connectivity index (χ4v) is 2.42. The van der Waals surface area contributed by atoms with E-state index in [1.807, 2.05) is 0 Å². The van der Waals surface area contributed by atoms with Crippen molar-refractivity contribution in [3.63, 3.8) is 0 Å². The molecule has 0 spiro atoms. The lowest BCUT2D eigenvalue weighted by atomic mass is 9.85. The van der Waals surface area contributed by atoms with E-state index in [1.54, 1.807) is 0 Å². The quantitative estimate of drug-likeness (QED) is 0.804. The van der Waals surface area contributed by atoms with E-state index >= 15 is 0 Å². The van der Waals surface area contributed by atoms with Crippen LogP contribution in [0.5, 0.6) is 0 Å². The molecule has 19 heavy (non-hydrogen) atoms. The summed E-state index contributed by atoms with van der Waals surface area (Å²) in [5.74, 6) is -3.50. The zero-order chi connectivity index (χ0) is 14.0. The van der Waals surface area contributed by atoms with Crippen LogP contribution in [0.25, 0.3) is 0 Å². The molecule has 0 saturated carbocycles. The van der Waals surface area contributed by atoms with E-state index in [0.29, 0.717) is 25.5 Å². The van der Waals surface area contributed by atoms with Crippen molar-refractivity contribution >= 4 is 5.91 Å². The predicted octanol–water partition coefficient (Wildman–Crippen LogP) is 1.69. The van der Waals surface area contributed by atoms with Gasteiger partial charge in [-0.25, -0.2) is 13.2 Å². The van der Waals surface area contributed by atoms with Crippen molar-refractivity contribution in [2.24, 2.45) is 0 Å². The lowest BCUT2D eigenvalue weighted by Crippen LogP contribution is -2.47. The third-order valence-corrected chi connectivity index (χ3v) is 3.45. The molecule has 3 nitrogen and oxygen atoms in total. The van der Waals surface area contributed by atoms with Crippen LogP contribution in [0.15, 0.2) is 12.1 Å². The molecule has 1 saturated heterocycles. The molecule has 2 atom stereocenters. The van der Waals surface area contributed by atoms with Crippen molar-refractivity contribution in [3.8, 4) is 0 Å². The van der Waals surface area contributed by atoms with Crippen LogP contribution >= 0.6 is 0 Å². The lowest BCUT2D eigenvalue weighted by Gasteiger charge is -2.29. The van der Waals surface area contributed by atoms with Crippen LogP contribution < -0.4 is 10.6 Å². The molecule has 2 N–H and O–H groups in total. The molecular weight excluding hydrogens is 257 g/mol. The van der Waals surface area contributed by atoms with Crippen molar-refractivity contribution in [2.45, 2.75) is 24.8 Å². The van der Waals surface area contributed by atoms with Gasteiger partial charge >= 0.3 is 0 Å². The number of amides is 1. The second kappa shape index (κ2) is 5.61. The van der Waals surface area contributed by atoms with E-state index in [0.717, 1.165) is 6.07 Å². The Morgan fingerprint density at radius 3 is 2.63 bits per heavy atom. The summed E-state index contributed by atoms with van der Waals surface area (Å²) in [5, 5.41) is 5.53. The highest BCUT2D eigenvalue weighted by molar-refractivity contribution is 5.81. The minimum Gasteiger partial charge on any atom is -0.358 e. The van der Waals surface area contributed by atoms with Gasteiger partial charge in [-0.05, 0) is 36.9 Å². The topological polar surface area (TPSA) is 41.1 Å². The van der Waals surface area contributed by atoms with E-state index in [9.17, 15) is 18.0 Å². The number of piperidine rings is 1. The van der Waals surface area contributed by atoms with Gasteiger partial charge in [-0.2, -0.15) is 0 Å². The van der Waals surface area contributed by atoms with Crippen LogP contribution in [0, 0.1) is 17.5 Å². The van der Waals surface area contributed by atoms with Crippen molar-refractivity contribution in [3.05, 3.63) is 35.1 Å². The van der Waals surface area contributed by atoms with Crippen LogP contribution in [0.3, 0.4) is 0 Å². The summed E-state index contributed by atoms with van der Waals surface area (Å²) >= 11 is 0. The second-order valence-electron chi connectivity index (χ2n) is 4.63.